The van der Waals surface area contributed by atoms with Gasteiger partial charge in [-0.3, -0.25) is 9.89 Å². The van der Waals surface area contributed by atoms with E-state index in [0.29, 0.717) is 35.1 Å². The summed E-state index contributed by atoms with van der Waals surface area (Å²) in [4.78, 5) is 15.0. The Morgan fingerprint density at radius 2 is 1.91 bits per heavy atom. The monoisotopic (exact) mass is 470 g/mol. The fourth-order valence-electron chi connectivity index (χ4n) is 4.35. The smallest absolute Gasteiger partial charge is 0.352 e. The number of benzene rings is 2. The second kappa shape index (κ2) is 10.4. The Bertz CT molecular complexity index is 1110. The summed E-state index contributed by atoms with van der Waals surface area (Å²) in [6.07, 6.45) is 0.310. The summed E-state index contributed by atoms with van der Waals surface area (Å²) in [6, 6.07) is 14.5. The summed E-state index contributed by atoms with van der Waals surface area (Å²) in [5.41, 5.74) is 2.11. The van der Waals surface area contributed by atoms with Crippen LogP contribution in [0.1, 0.15) is 48.5 Å². The van der Waals surface area contributed by atoms with Crippen LogP contribution in [0.3, 0.4) is 0 Å². The molecule has 0 unspecified atom stereocenters. The largest absolute Gasteiger partial charge is 0.416 e. The molecule has 1 amide bonds. The van der Waals surface area contributed by atoms with Gasteiger partial charge in [-0.15, -0.1) is 0 Å². The Labute approximate surface area is 197 Å². The van der Waals surface area contributed by atoms with Gasteiger partial charge in [0.2, 0.25) is 0 Å². The van der Waals surface area contributed by atoms with Crippen LogP contribution in [0.5, 0.6) is 0 Å². The zero-order valence-electron chi connectivity index (χ0n) is 19.2. The standard InChI is InChI=1S/C26H29F3N4O/c1-18-6-2-3-14-33(18)15-5-13-30-25(34)20-11-9-19(10-12-20)23-17-24(32-31-23)21-7-4-8-22(16-21)26(27,28)29/h4,7-12,16-18H,2-3,5-6,13-15H2,1H3,(H,30,34)(H,31,32)/t18-/m0/s1. The average Bonchev–Trinajstić information content (AvgIpc) is 3.33. The van der Waals surface area contributed by atoms with Crippen molar-refractivity contribution in [1.82, 2.24) is 20.4 Å². The molecule has 5 nitrogen and oxygen atoms in total. The molecule has 1 aromatic heterocycles. The van der Waals surface area contributed by atoms with Gasteiger partial charge >= 0.3 is 6.18 Å². The minimum atomic E-state index is -4.41. The lowest BCUT2D eigenvalue weighted by atomic mass is 10.0. The Morgan fingerprint density at radius 1 is 1.12 bits per heavy atom. The van der Waals surface area contributed by atoms with Crippen molar-refractivity contribution in [3.63, 3.8) is 0 Å². The Morgan fingerprint density at radius 3 is 2.65 bits per heavy atom. The number of nitrogens with one attached hydrogen (secondary N) is 2. The maximum atomic E-state index is 13.0. The predicted octanol–water partition coefficient (Wildman–Crippen LogP) is 5.76. The first-order valence-corrected chi connectivity index (χ1v) is 11.7. The number of aromatic amines is 1. The summed E-state index contributed by atoms with van der Waals surface area (Å²) in [7, 11) is 0. The average molecular weight is 471 g/mol. The van der Waals surface area contributed by atoms with Crippen LogP contribution in [0.25, 0.3) is 22.5 Å². The maximum absolute atomic E-state index is 13.0. The van der Waals surface area contributed by atoms with E-state index in [0.717, 1.165) is 37.2 Å². The molecule has 0 bridgehead atoms. The third-order valence-corrected chi connectivity index (χ3v) is 6.37. The lowest BCUT2D eigenvalue weighted by molar-refractivity contribution is -0.137. The molecular formula is C26H29F3N4O. The maximum Gasteiger partial charge on any atom is 0.416 e. The SMILES string of the molecule is C[C@H]1CCCCN1CCCNC(=O)c1ccc(-c2cc(-c3cccc(C(F)(F)F)c3)n[nH]2)cc1. The van der Waals surface area contributed by atoms with E-state index in [1.165, 1.54) is 25.3 Å². The minimum Gasteiger partial charge on any atom is -0.352 e. The van der Waals surface area contributed by atoms with Crippen molar-refractivity contribution in [2.75, 3.05) is 19.6 Å². The van der Waals surface area contributed by atoms with Crippen molar-refractivity contribution in [2.24, 2.45) is 0 Å². The molecule has 4 rings (SSSR count). The first-order valence-electron chi connectivity index (χ1n) is 11.7. The van der Waals surface area contributed by atoms with Crippen molar-refractivity contribution < 1.29 is 18.0 Å². The second-order valence-electron chi connectivity index (χ2n) is 8.81. The third kappa shape index (κ3) is 5.86. The number of carbonyl (C=O) groups is 1. The van der Waals surface area contributed by atoms with Crippen LogP contribution < -0.4 is 5.32 Å². The highest BCUT2D eigenvalue weighted by Gasteiger charge is 2.30. The number of likely N-dealkylation sites (tertiary alicyclic amines) is 1. The molecular weight excluding hydrogens is 441 g/mol. The number of hydrogen-bond donors (Lipinski definition) is 2. The quantitative estimate of drug-likeness (QED) is 0.432. The first-order chi connectivity index (χ1) is 16.3. The molecule has 1 fully saturated rings. The highest BCUT2D eigenvalue weighted by atomic mass is 19.4. The van der Waals surface area contributed by atoms with E-state index in [1.807, 2.05) is 0 Å². The molecule has 1 aliphatic rings. The molecule has 2 N–H and O–H groups in total. The Kier molecular flexibility index (Phi) is 7.36. The summed E-state index contributed by atoms with van der Waals surface area (Å²) in [5.74, 6) is -0.118. The molecule has 1 aliphatic heterocycles. The van der Waals surface area contributed by atoms with Gasteiger partial charge in [0.25, 0.3) is 5.91 Å². The van der Waals surface area contributed by atoms with Gasteiger partial charge in [-0.05, 0) is 68.6 Å². The number of carbonyl (C=O) groups excluding carboxylic acids is 1. The van der Waals surface area contributed by atoms with Crippen LogP contribution in [-0.2, 0) is 6.18 Å². The molecule has 180 valence electrons. The number of nitrogens with zero attached hydrogens (tertiary/aromatic N) is 2. The minimum absolute atomic E-state index is 0.118. The highest BCUT2D eigenvalue weighted by Crippen LogP contribution is 2.32. The molecule has 1 saturated heterocycles. The number of aromatic nitrogens is 2. The topological polar surface area (TPSA) is 61.0 Å². The van der Waals surface area contributed by atoms with Gasteiger partial charge in [0, 0.05) is 30.3 Å². The number of alkyl halides is 3. The predicted molar refractivity (Wildman–Crippen MR) is 126 cm³/mol. The van der Waals surface area contributed by atoms with E-state index in [9.17, 15) is 18.0 Å². The van der Waals surface area contributed by atoms with Crippen LogP contribution >= 0.6 is 0 Å². The first kappa shape index (κ1) is 24.0. The molecule has 0 saturated carbocycles. The summed E-state index contributed by atoms with van der Waals surface area (Å²) < 4.78 is 39.0. The molecule has 34 heavy (non-hydrogen) atoms. The van der Waals surface area contributed by atoms with Gasteiger partial charge in [0.15, 0.2) is 0 Å². The van der Waals surface area contributed by atoms with Gasteiger partial charge in [-0.25, -0.2) is 0 Å². The molecule has 2 heterocycles. The number of halogens is 3. The fourth-order valence-corrected chi connectivity index (χ4v) is 4.35. The van der Waals surface area contributed by atoms with Crippen molar-refractivity contribution in [1.29, 1.82) is 0 Å². The van der Waals surface area contributed by atoms with Crippen LogP contribution in [0, 0.1) is 0 Å². The van der Waals surface area contributed by atoms with E-state index >= 15 is 0 Å². The molecule has 0 radical (unpaired) electrons. The van der Waals surface area contributed by atoms with E-state index < -0.39 is 11.7 Å². The number of amides is 1. The van der Waals surface area contributed by atoms with E-state index in [4.69, 9.17) is 0 Å². The molecule has 3 aromatic rings. The van der Waals surface area contributed by atoms with E-state index in [1.54, 1.807) is 36.4 Å². The highest BCUT2D eigenvalue weighted by molar-refractivity contribution is 5.94. The zero-order chi connectivity index (χ0) is 24.1. The summed E-state index contributed by atoms with van der Waals surface area (Å²) >= 11 is 0. The number of rotatable bonds is 7. The van der Waals surface area contributed by atoms with Crippen LogP contribution in [0.2, 0.25) is 0 Å². The van der Waals surface area contributed by atoms with Gasteiger partial charge in [0.1, 0.15) is 0 Å². The second-order valence-corrected chi connectivity index (χ2v) is 8.81. The fraction of sp³-hybridized carbons (Fsp3) is 0.385. The van der Waals surface area contributed by atoms with Crippen LogP contribution in [-0.4, -0.2) is 46.7 Å². The number of piperidine rings is 1. The molecule has 8 heteroatoms. The molecule has 1 atom stereocenters. The van der Waals surface area contributed by atoms with Crippen molar-refractivity contribution in [3.05, 3.63) is 65.7 Å². The lowest BCUT2D eigenvalue weighted by Crippen LogP contribution is -2.39. The van der Waals surface area contributed by atoms with Crippen LogP contribution in [0.4, 0.5) is 13.2 Å². The van der Waals surface area contributed by atoms with Crippen molar-refractivity contribution in [3.8, 4) is 22.5 Å². The van der Waals surface area contributed by atoms with Gasteiger partial charge in [-0.2, -0.15) is 18.3 Å². The number of hydrogen-bond acceptors (Lipinski definition) is 3. The summed E-state index contributed by atoms with van der Waals surface area (Å²) in [5, 5.41) is 10.0. The molecule has 0 aliphatic carbocycles. The van der Waals surface area contributed by atoms with E-state index in [2.05, 4.69) is 27.3 Å². The molecule has 2 aromatic carbocycles. The normalized spacial score (nSPS) is 17.0. The van der Waals surface area contributed by atoms with Gasteiger partial charge in [0.05, 0.1) is 17.0 Å². The van der Waals surface area contributed by atoms with Gasteiger partial charge < -0.3 is 10.2 Å². The summed E-state index contributed by atoms with van der Waals surface area (Å²) in [6.45, 7) is 5.03. The molecule has 0 spiro atoms. The zero-order valence-corrected chi connectivity index (χ0v) is 19.2. The van der Waals surface area contributed by atoms with E-state index in [-0.39, 0.29) is 5.91 Å². The Hall–Kier alpha value is -3.13. The van der Waals surface area contributed by atoms with Crippen LogP contribution in [0.15, 0.2) is 54.6 Å². The Balaban J connectivity index is 1.33. The van der Waals surface area contributed by atoms with Crippen molar-refractivity contribution >= 4 is 5.91 Å². The third-order valence-electron chi connectivity index (χ3n) is 6.37. The number of H-pyrrole nitrogens is 1. The van der Waals surface area contributed by atoms with Crippen molar-refractivity contribution in [2.45, 2.75) is 44.8 Å². The lowest BCUT2D eigenvalue weighted by Gasteiger charge is -2.33. The van der Waals surface area contributed by atoms with Gasteiger partial charge in [-0.1, -0.05) is 30.7 Å².